The predicted molar refractivity (Wildman–Crippen MR) is 170 cm³/mol. The Labute approximate surface area is 268 Å². The fourth-order valence-electron chi connectivity index (χ4n) is 6.91. The van der Waals surface area contributed by atoms with Crippen LogP contribution in [0.4, 0.5) is 0 Å². The van der Waals surface area contributed by atoms with Gasteiger partial charge in [0.15, 0.2) is 0 Å². The standard InChI is InChI=1S/2C15H21OSi.C2H7Si.2ClH.Zr/c2*1-15(2,3)13-10-11-8-6-7-9-12(11)14(13)16-17(4)5;1-3-2;;;/h2*6-10,17H,1-5H3;3H,1-2H3;2*1H;/q;;;;;+2/p-2. The molecule has 2 aliphatic rings. The molecule has 40 heavy (non-hydrogen) atoms. The third-order valence-electron chi connectivity index (χ3n) is 7.82. The second-order valence-electron chi connectivity index (χ2n) is 14.1. The van der Waals surface area contributed by atoms with Crippen molar-refractivity contribution in [3.8, 4) is 0 Å². The molecule has 2 aromatic carbocycles. The van der Waals surface area contributed by atoms with Crippen molar-refractivity contribution >= 4 is 36.2 Å². The minimum absolute atomic E-state index is 0. The van der Waals surface area contributed by atoms with Crippen molar-refractivity contribution in [2.45, 2.75) is 87.4 Å². The second-order valence-corrected chi connectivity index (χ2v) is 38.5. The van der Waals surface area contributed by atoms with Gasteiger partial charge in [-0.25, -0.2) is 0 Å². The summed E-state index contributed by atoms with van der Waals surface area (Å²) in [6.45, 7) is 29.2. The molecular formula is C32H49Cl2O2Si3Zr. The van der Waals surface area contributed by atoms with E-state index in [4.69, 9.17) is 8.85 Å². The summed E-state index contributed by atoms with van der Waals surface area (Å²) in [6.07, 6.45) is 5.04. The molecule has 4 rings (SSSR count). The van der Waals surface area contributed by atoms with Crippen molar-refractivity contribution in [1.29, 1.82) is 0 Å². The summed E-state index contributed by atoms with van der Waals surface area (Å²) in [5, 5.41) is 0. The summed E-state index contributed by atoms with van der Waals surface area (Å²) < 4.78 is 14.7. The van der Waals surface area contributed by atoms with Crippen molar-refractivity contribution in [2.24, 2.45) is 10.8 Å². The van der Waals surface area contributed by atoms with E-state index in [1.165, 1.54) is 33.4 Å². The Morgan fingerprint density at radius 1 is 0.575 bits per heavy atom. The van der Waals surface area contributed by atoms with Crippen molar-refractivity contribution in [3.05, 3.63) is 81.9 Å². The maximum absolute atomic E-state index is 7.68. The average molecular weight is 712 g/mol. The van der Waals surface area contributed by atoms with Gasteiger partial charge in [-0.05, 0) is 0 Å². The van der Waals surface area contributed by atoms with Crippen LogP contribution < -0.4 is 24.8 Å². The molecule has 0 heterocycles. The molecule has 0 saturated carbocycles. The molecule has 8 heteroatoms. The molecule has 0 fully saturated rings. The molecule has 0 saturated heterocycles. The number of fused-ring (bicyclic) bond motifs is 2. The summed E-state index contributed by atoms with van der Waals surface area (Å²) in [5.74, 6) is -1.27. The first-order chi connectivity index (χ1) is 17.6. The normalized spacial score (nSPS) is 22.0. The molecule has 0 bridgehead atoms. The third-order valence-corrected chi connectivity index (χ3v) is 32.1. The average Bonchev–Trinajstić information content (AvgIpc) is 3.27. The van der Waals surface area contributed by atoms with Gasteiger partial charge in [-0.15, -0.1) is 0 Å². The maximum Gasteiger partial charge on any atom is -1.00 e. The van der Waals surface area contributed by atoms with Crippen LogP contribution in [0.25, 0.3) is 12.2 Å². The van der Waals surface area contributed by atoms with E-state index in [1.807, 2.05) is 0 Å². The molecule has 0 aromatic heterocycles. The van der Waals surface area contributed by atoms with Gasteiger partial charge >= 0.3 is 246 Å². The van der Waals surface area contributed by atoms with Crippen molar-refractivity contribution in [1.82, 2.24) is 0 Å². The number of benzene rings is 2. The Bertz CT molecular complexity index is 1170. The van der Waals surface area contributed by atoms with Crippen LogP contribution >= 0.6 is 0 Å². The van der Waals surface area contributed by atoms with Crippen LogP contribution in [-0.4, -0.2) is 24.0 Å². The van der Waals surface area contributed by atoms with Gasteiger partial charge in [-0.1, -0.05) is 0 Å². The summed E-state index contributed by atoms with van der Waals surface area (Å²) in [5.41, 5.74) is 8.62. The first-order valence-electron chi connectivity index (χ1n) is 14.4. The van der Waals surface area contributed by atoms with Crippen LogP contribution in [0.3, 0.4) is 0 Å². The SMILES string of the molecule is C[SiH](C)O[C]1([Zr+2]([SiH](C)C)[C]2(O[SiH](C)C)C(C(C)(C)C)=Cc3ccccc32)C(C(C)(C)C)=Cc2ccccc21.[Cl-].[Cl-]. The molecule has 0 radical (unpaired) electrons. The zero-order valence-corrected chi connectivity index (χ0v) is 34.0. The van der Waals surface area contributed by atoms with Crippen molar-refractivity contribution in [3.63, 3.8) is 0 Å². The van der Waals surface area contributed by atoms with Gasteiger partial charge in [0, 0.05) is 0 Å². The molecular weight excluding hydrogens is 663 g/mol. The molecule has 0 N–H and O–H groups in total. The molecule has 2 aromatic rings. The first-order valence-corrected chi connectivity index (χ1v) is 29.6. The van der Waals surface area contributed by atoms with Crippen LogP contribution in [0.1, 0.15) is 63.8 Å². The monoisotopic (exact) mass is 709 g/mol. The van der Waals surface area contributed by atoms with Crippen LogP contribution in [0.2, 0.25) is 39.3 Å². The van der Waals surface area contributed by atoms with Gasteiger partial charge in [0.2, 0.25) is 0 Å². The van der Waals surface area contributed by atoms with E-state index in [0.717, 1.165) is 0 Å². The van der Waals surface area contributed by atoms with Gasteiger partial charge in [-0.3, -0.25) is 0 Å². The first kappa shape index (κ1) is 36.1. The number of halogens is 2. The van der Waals surface area contributed by atoms with Crippen LogP contribution in [0, 0.1) is 10.8 Å². The molecule has 219 valence electrons. The Balaban J connectivity index is 0.00000280. The van der Waals surface area contributed by atoms with E-state index in [2.05, 4.69) is 142 Å². The van der Waals surface area contributed by atoms with Gasteiger partial charge in [0.1, 0.15) is 0 Å². The van der Waals surface area contributed by atoms with Crippen molar-refractivity contribution in [2.75, 3.05) is 0 Å². The molecule has 2 nitrogen and oxygen atoms in total. The minimum Gasteiger partial charge on any atom is -1.00 e. The van der Waals surface area contributed by atoms with E-state index in [1.54, 1.807) is 0 Å². The van der Waals surface area contributed by atoms with Gasteiger partial charge < -0.3 is 24.8 Å². The largest absolute Gasteiger partial charge is 1.00 e. The maximum atomic E-state index is 7.68. The van der Waals surface area contributed by atoms with E-state index >= 15 is 0 Å². The summed E-state index contributed by atoms with van der Waals surface area (Å²) >= 11 is -2.85. The van der Waals surface area contributed by atoms with E-state index in [0.29, 0.717) is 0 Å². The molecule has 2 unspecified atom stereocenters. The summed E-state index contributed by atoms with van der Waals surface area (Å²) in [4.78, 5) is 0. The number of hydrogen-bond acceptors (Lipinski definition) is 2. The minimum atomic E-state index is -2.85. The number of rotatable bonds is 7. The molecule has 2 atom stereocenters. The molecule has 0 spiro atoms. The van der Waals surface area contributed by atoms with E-state index < -0.39 is 44.9 Å². The zero-order chi connectivity index (χ0) is 28.3. The van der Waals surface area contributed by atoms with Gasteiger partial charge in [0.25, 0.3) is 0 Å². The Morgan fingerprint density at radius 3 is 1.18 bits per heavy atom. The smallest absolute Gasteiger partial charge is 1.00 e. The quantitative estimate of drug-likeness (QED) is 0.411. The Hall–Kier alpha value is -0.0462. The fourth-order valence-corrected chi connectivity index (χ4v) is 41.5. The summed E-state index contributed by atoms with van der Waals surface area (Å²) in [6, 6.07) is 18.3. The molecule has 0 aliphatic heterocycles. The zero-order valence-electron chi connectivity index (χ0n) is 26.6. The third kappa shape index (κ3) is 6.13. The van der Waals surface area contributed by atoms with Crippen LogP contribution in [-0.2, 0) is 36.4 Å². The predicted octanol–water partition coefficient (Wildman–Crippen LogP) is 2.19. The number of hydrogen-bond donors (Lipinski definition) is 0. The topological polar surface area (TPSA) is 18.5 Å². The molecule has 0 amide bonds. The second kappa shape index (κ2) is 12.9. The Morgan fingerprint density at radius 2 is 0.900 bits per heavy atom. The molecule has 2 aliphatic carbocycles. The van der Waals surface area contributed by atoms with Gasteiger partial charge in [0.05, 0.1) is 0 Å². The van der Waals surface area contributed by atoms with Crippen LogP contribution in [0.15, 0.2) is 59.7 Å². The van der Waals surface area contributed by atoms with Crippen LogP contribution in [0.5, 0.6) is 0 Å². The van der Waals surface area contributed by atoms with E-state index in [-0.39, 0.29) is 42.3 Å². The summed E-state index contributed by atoms with van der Waals surface area (Å²) in [7, 11) is -2.90. The fraction of sp³-hybridized carbons (Fsp3) is 0.500. The van der Waals surface area contributed by atoms with E-state index in [9.17, 15) is 0 Å². The Kier molecular flexibility index (Phi) is 11.7. The van der Waals surface area contributed by atoms with Crippen molar-refractivity contribution < 1.29 is 54.6 Å². The van der Waals surface area contributed by atoms with Gasteiger partial charge in [-0.2, -0.15) is 0 Å².